The molecule has 0 bridgehead atoms. The Labute approximate surface area is 171 Å². The van der Waals surface area contributed by atoms with Gasteiger partial charge in [-0.1, -0.05) is 6.07 Å². The van der Waals surface area contributed by atoms with Crippen LogP contribution in [-0.2, 0) is 0 Å². The maximum Gasteiger partial charge on any atom is 0.336 e. The fourth-order valence-electron chi connectivity index (χ4n) is 3.34. The van der Waals surface area contributed by atoms with E-state index in [1.165, 1.54) is 30.3 Å². The van der Waals surface area contributed by atoms with E-state index in [2.05, 4.69) is 4.99 Å². The number of rotatable bonds is 4. The second kappa shape index (κ2) is 7.36. The van der Waals surface area contributed by atoms with E-state index in [0.717, 1.165) is 0 Å². The van der Waals surface area contributed by atoms with E-state index in [1.807, 2.05) is 14.1 Å². The second-order valence-electron chi connectivity index (χ2n) is 7.06. The number of benzene rings is 3. The number of phenolic OH excluding ortho intramolecular Hbond substituents is 1. The maximum absolute atomic E-state index is 12.1. The van der Waals surface area contributed by atoms with Crippen molar-refractivity contribution in [3.8, 4) is 28.2 Å². The lowest BCUT2D eigenvalue weighted by molar-refractivity contribution is 0.0697. The predicted octanol–water partition coefficient (Wildman–Crippen LogP) is 4.19. The van der Waals surface area contributed by atoms with Crippen LogP contribution < -0.4 is 5.43 Å². The summed E-state index contributed by atoms with van der Waals surface area (Å²) in [7, 11) is 3.64. The van der Waals surface area contributed by atoms with Crippen LogP contribution in [0.1, 0.15) is 10.4 Å². The Balaban J connectivity index is 2.07. The Bertz CT molecular complexity index is 1340. The smallest absolute Gasteiger partial charge is 0.336 e. The van der Waals surface area contributed by atoms with E-state index in [9.17, 15) is 19.8 Å². The van der Waals surface area contributed by atoms with Crippen molar-refractivity contribution in [2.45, 2.75) is 0 Å². The highest BCUT2D eigenvalue weighted by atomic mass is 16.4. The average Bonchev–Trinajstić information content (AvgIpc) is 2.70. The van der Waals surface area contributed by atoms with Crippen LogP contribution in [-0.4, -0.2) is 41.5 Å². The zero-order chi connectivity index (χ0) is 21.4. The minimum Gasteiger partial charge on any atom is -0.508 e. The van der Waals surface area contributed by atoms with Gasteiger partial charge in [0, 0.05) is 42.7 Å². The van der Waals surface area contributed by atoms with Gasteiger partial charge in [0.2, 0.25) is 0 Å². The van der Waals surface area contributed by atoms with Gasteiger partial charge in [-0.25, -0.2) is 9.79 Å². The monoisotopic (exact) mass is 402 g/mol. The highest BCUT2D eigenvalue weighted by Gasteiger charge is 2.22. The van der Waals surface area contributed by atoms with Crippen LogP contribution in [0.5, 0.6) is 5.75 Å². The van der Waals surface area contributed by atoms with E-state index in [1.54, 1.807) is 35.5 Å². The normalized spacial score (nSPS) is 11.4. The van der Waals surface area contributed by atoms with Gasteiger partial charge in [0.15, 0.2) is 5.43 Å². The summed E-state index contributed by atoms with van der Waals surface area (Å²) in [5.41, 5.74) is 2.33. The molecule has 0 radical (unpaired) electrons. The van der Waals surface area contributed by atoms with Crippen LogP contribution >= 0.6 is 0 Å². The summed E-state index contributed by atoms with van der Waals surface area (Å²) in [6.07, 6.45) is 1.59. The first-order valence-electron chi connectivity index (χ1n) is 9.11. The quantitative estimate of drug-likeness (QED) is 0.301. The van der Waals surface area contributed by atoms with Crippen LogP contribution in [0.3, 0.4) is 0 Å². The number of fused-ring (bicyclic) bond motifs is 2. The SMILES string of the molecule is CN(C)/C=N/c1ccc(-c2c3ccc(=O)cc-3oc3cc(O)ccc23)c(C(=O)O)c1. The summed E-state index contributed by atoms with van der Waals surface area (Å²) < 4.78 is 5.82. The van der Waals surface area contributed by atoms with E-state index >= 15 is 0 Å². The average molecular weight is 402 g/mol. The number of hydrogen-bond acceptors (Lipinski definition) is 5. The molecule has 2 N–H and O–H groups in total. The molecule has 0 unspecified atom stereocenters. The van der Waals surface area contributed by atoms with Crippen LogP contribution in [0.2, 0.25) is 0 Å². The van der Waals surface area contributed by atoms with E-state index in [4.69, 9.17) is 4.42 Å². The van der Waals surface area contributed by atoms with Crippen LogP contribution in [0.4, 0.5) is 5.69 Å². The maximum atomic E-state index is 12.1. The van der Waals surface area contributed by atoms with Crippen molar-refractivity contribution in [2.75, 3.05) is 14.1 Å². The molecule has 0 amide bonds. The van der Waals surface area contributed by atoms with Crippen LogP contribution in [0.15, 0.2) is 68.8 Å². The third kappa shape index (κ3) is 3.48. The van der Waals surface area contributed by atoms with Gasteiger partial charge in [-0.05, 0) is 42.0 Å². The summed E-state index contributed by atoms with van der Waals surface area (Å²) in [6.45, 7) is 0. The molecule has 1 heterocycles. The number of aliphatic imine (C=N–C) groups is 1. The number of carbonyl (C=O) groups is 1. The fourth-order valence-corrected chi connectivity index (χ4v) is 3.34. The number of aromatic carboxylic acids is 1. The lowest BCUT2D eigenvalue weighted by Crippen LogP contribution is -2.07. The van der Waals surface area contributed by atoms with Crippen molar-refractivity contribution in [3.63, 3.8) is 0 Å². The molecule has 150 valence electrons. The molecule has 0 spiro atoms. The molecule has 30 heavy (non-hydrogen) atoms. The first kappa shape index (κ1) is 19.2. The largest absolute Gasteiger partial charge is 0.508 e. The third-order valence-electron chi connectivity index (χ3n) is 4.62. The summed E-state index contributed by atoms with van der Waals surface area (Å²) in [6, 6.07) is 13.9. The standard InChI is InChI=1S/C23H18N2O5/c1-25(2)12-24-13-3-6-16(19(9-13)23(28)29)22-17-7-4-14(26)10-20(17)30-21-11-15(27)5-8-18(21)22/h3-12,26H,1-2H3,(H,28,29)/b24-12+. The number of carboxylic acid groups (broad SMARTS) is 1. The summed E-state index contributed by atoms with van der Waals surface area (Å²) in [5.74, 6) is -0.795. The minimum atomic E-state index is -1.10. The first-order valence-corrected chi connectivity index (χ1v) is 9.11. The van der Waals surface area contributed by atoms with E-state index in [0.29, 0.717) is 39.1 Å². The van der Waals surface area contributed by atoms with Gasteiger partial charge in [-0.3, -0.25) is 4.79 Å². The molecular weight excluding hydrogens is 384 g/mol. The second-order valence-corrected chi connectivity index (χ2v) is 7.06. The zero-order valence-corrected chi connectivity index (χ0v) is 16.3. The molecule has 1 aliphatic heterocycles. The predicted molar refractivity (Wildman–Crippen MR) is 115 cm³/mol. The Morgan fingerprint density at radius 1 is 1.03 bits per heavy atom. The highest BCUT2D eigenvalue weighted by Crippen LogP contribution is 2.42. The van der Waals surface area contributed by atoms with Gasteiger partial charge in [0.1, 0.15) is 17.1 Å². The molecule has 7 heteroatoms. The lowest BCUT2D eigenvalue weighted by atomic mass is 9.90. The number of carboxylic acids is 1. The summed E-state index contributed by atoms with van der Waals surface area (Å²) >= 11 is 0. The Hall–Kier alpha value is -4.13. The van der Waals surface area contributed by atoms with Gasteiger partial charge in [-0.15, -0.1) is 0 Å². The molecule has 2 aromatic rings. The molecule has 0 saturated heterocycles. The summed E-state index contributed by atoms with van der Waals surface area (Å²) in [4.78, 5) is 30.0. The van der Waals surface area contributed by atoms with E-state index in [-0.39, 0.29) is 16.7 Å². The van der Waals surface area contributed by atoms with Crippen molar-refractivity contribution in [2.24, 2.45) is 4.99 Å². The summed E-state index contributed by atoms with van der Waals surface area (Å²) in [5, 5.41) is 20.4. The molecule has 1 aliphatic carbocycles. The highest BCUT2D eigenvalue weighted by molar-refractivity contribution is 6.08. The topological polar surface area (TPSA) is 103 Å². The zero-order valence-electron chi connectivity index (χ0n) is 16.3. The third-order valence-corrected chi connectivity index (χ3v) is 4.62. The number of hydrogen-bond donors (Lipinski definition) is 2. The minimum absolute atomic E-state index is 0.00153. The number of aromatic hydroxyl groups is 1. The van der Waals surface area contributed by atoms with Crippen molar-refractivity contribution in [1.29, 1.82) is 0 Å². The lowest BCUT2D eigenvalue weighted by Gasteiger charge is -2.17. The molecule has 0 saturated carbocycles. The Morgan fingerprint density at radius 2 is 1.80 bits per heavy atom. The molecule has 2 aliphatic rings. The van der Waals surface area contributed by atoms with Gasteiger partial charge in [-0.2, -0.15) is 0 Å². The van der Waals surface area contributed by atoms with Crippen LogP contribution in [0, 0.1) is 0 Å². The molecule has 4 rings (SSSR count). The van der Waals surface area contributed by atoms with E-state index < -0.39 is 5.97 Å². The van der Waals surface area contributed by atoms with Crippen molar-refractivity contribution in [3.05, 3.63) is 70.4 Å². The van der Waals surface area contributed by atoms with Crippen molar-refractivity contribution in [1.82, 2.24) is 4.90 Å². The Kier molecular flexibility index (Phi) is 4.71. The number of phenols is 1. The fraction of sp³-hybridized carbons (Fsp3) is 0.0870. The first-order chi connectivity index (χ1) is 14.3. The van der Waals surface area contributed by atoms with Crippen molar-refractivity contribution >= 4 is 29.0 Å². The number of nitrogens with zero attached hydrogens (tertiary/aromatic N) is 2. The van der Waals surface area contributed by atoms with Gasteiger partial charge < -0.3 is 19.5 Å². The van der Waals surface area contributed by atoms with Gasteiger partial charge in [0.25, 0.3) is 0 Å². The van der Waals surface area contributed by atoms with Gasteiger partial charge in [0.05, 0.1) is 17.6 Å². The molecule has 0 aromatic heterocycles. The molecule has 0 fully saturated rings. The molecule has 2 aromatic carbocycles. The Morgan fingerprint density at radius 3 is 2.53 bits per heavy atom. The van der Waals surface area contributed by atoms with Crippen LogP contribution in [0.25, 0.3) is 33.4 Å². The molecule has 7 nitrogen and oxygen atoms in total. The van der Waals surface area contributed by atoms with Crippen molar-refractivity contribution < 1.29 is 19.4 Å². The molecular formula is C23H18N2O5. The molecule has 0 atom stereocenters. The van der Waals surface area contributed by atoms with Gasteiger partial charge >= 0.3 is 5.97 Å².